The lowest BCUT2D eigenvalue weighted by Crippen LogP contribution is -2.63. The van der Waals surface area contributed by atoms with Crippen molar-refractivity contribution in [3.05, 3.63) is 46.8 Å². The highest BCUT2D eigenvalue weighted by molar-refractivity contribution is 6.05. The van der Waals surface area contributed by atoms with Crippen molar-refractivity contribution in [1.82, 2.24) is 20.0 Å². The van der Waals surface area contributed by atoms with Gasteiger partial charge in [-0.3, -0.25) is 19.1 Å². The Labute approximate surface area is 188 Å². The van der Waals surface area contributed by atoms with Gasteiger partial charge in [0, 0.05) is 24.8 Å². The standard InChI is InChI=1S/C24H31N5O3/c1-15-10-11-18(12-16(15)2)25-21(30)19-13-20-22(31)28(4)24(3,14-29(20)27-19)23(32)26-17-8-6-5-7-9-17/h10-13,17H,5-9,14H2,1-4H3,(H,25,30)(H,26,32)/t24-/m1/s1. The number of nitrogens with one attached hydrogen (secondary N) is 2. The minimum atomic E-state index is -1.07. The van der Waals surface area contributed by atoms with E-state index in [1.165, 1.54) is 22.1 Å². The molecule has 32 heavy (non-hydrogen) atoms. The molecule has 2 heterocycles. The lowest BCUT2D eigenvalue weighted by atomic mass is 9.92. The van der Waals surface area contributed by atoms with Crippen LogP contribution in [0.2, 0.25) is 0 Å². The second kappa shape index (κ2) is 8.41. The molecule has 0 spiro atoms. The van der Waals surface area contributed by atoms with Gasteiger partial charge in [-0.15, -0.1) is 0 Å². The Bertz CT molecular complexity index is 1070. The van der Waals surface area contributed by atoms with Gasteiger partial charge in [0.2, 0.25) is 5.91 Å². The van der Waals surface area contributed by atoms with Gasteiger partial charge in [-0.1, -0.05) is 25.3 Å². The van der Waals surface area contributed by atoms with Crippen LogP contribution in [0, 0.1) is 13.8 Å². The van der Waals surface area contributed by atoms with Gasteiger partial charge in [-0.05, 0) is 56.9 Å². The van der Waals surface area contributed by atoms with E-state index in [4.69, 9.17) is 0 Å². The zero-order valence-corrected chi connectivity index (χ0v) is 19.2. The smallest absolute Gasteiger partial charge is 0.276 e. The molecule has 4 rings (SSSR count). The molecule has 0 saturated heterocycles. The molecule has 8 heteroatoms. The first-order valence-corrected chi connectivity index (χ1v) is 11.2. The van der Waals surface area contributed by atoms with Crippen LogP contribution in [0.15, 0.2) is 24.3 Å². The first-order valence-electron chi connectivity index (χ1n) is 11.2. The van der Waals surface area contributed by atoms with E-state index in [1.807, 2.05) is 32.0 Å². The van der Waals surface area contributed by atoms with Crippen molar-refractivity contribution in [2.24, 2.45) is 0 Å². The Hall–Kier alpha value is -3.16. The number of carbonyl (C=O) groups excluding carboxylic acids is 3. The maximum absolute atomic E-state index is 13.2. The quantitative estimate of drug-likeness (QED) is 0.768. The molecular weight excluding hydrogens is 406 g/mol. The Morgan fingerprint density at radius 3 is 2.50 bits per heavy atom. The Balaban J connectivity index is 1.53. The summed E-state index contributed by atoms with van der Waals surface area (Å²) in [5.41, 5.74) is 2.26. The topological polar surface area (TPSA) is 96.3 Å². The third kappa shape index (κ3) is 4.01. The van der Waals surface area contributed by atoms with Crippen molar-refractivity contribution < 1.29 is 14.4 Å². The zero-order valence-electron chi connectivity index (χ0n) is 19.2. The molecule has 2 N–H and O–H groups in total. The van der Waals surface area contributed by atoms with E-state index in [2.05, 4.69) is 15.7 Å². The SMILES string of the molecule is Cc1ccc(NC(=O)c2cc3n(n2)C[C@](C)(C(=O)NC2CCCCC2)N(C)C3=O)cc1C. The number of anilines is 1. The van der Waals surface area contributed by atoms with E-state index in [0.29, 0.717) is 11.4 Å². The molecule has 0 unspecified atom stereocenters. The molecule has 1 aliphatic carbocycles. The molecule has 1 fully saturated rings. The maximum atomic E-state index is 13.2. The van der Waals surface area contributed by atoms with Gasteiger partial charge in [0.05, 0.1) is 6.54 Å². The number of hydrogen-bond donors (Lipinski definition) is 2. The highest BCUT2D eigenvalue weighted by Crippen LogP contribution is 2.27. The molecule has 3 amide bonds. The molecule has 2 aliphatic rings. The summed E-state index contributed by atoms with van der Waals surface area (Å²) in [4.78, 5) is 40.5. The summed E-state index contributed by atoms with van der Waals surface area (Å²) in [6.45, 7) is 5.93. The van der Waals surface area contributed by atoms with Crippen molar-refractivity contribution >= 4 is 23.4 Å². The van der Waals surface area contributed by atoms with Gasteiger partial charge < -0.3 is 15.5 Å². The van der Waals surface area contributed by atoms with Crippen molar-refractivity contribution in [2.45, 2.75) is 71.0 Å². The number of likely N-dealkylation sites (N-methyl/N-ethyl adjacent to an activating group) is 1. The summed E-state index contributed by atoms with van der Waals surface area (Å²) in [5.74, 6) is -0.892. The number of carbonyl (C=O) groups is 3. The molecular formula is C24H31N5O3. The number of nitrogens with zero attached hydrogens (tertiary/aromatic N) is 3. The fourth-order valence-corrected chi connectivity index (χ4v) is 4.44. The second-order valence-corrected chi connectivity index (χ2v) is 9.27. The van der Waals surface area contributed by atoms with Crippen LogP contribution in [0.3, 0.4) is 0 Å². The third-order valence-electron chi connectivity index (χ3n) is 6.93. The number of benzene rings is 1. The van der Waals surface area contributed by atoms with E-state index in [1.54, 1.807) is 14.0 Å². The summed E-state index contributed by atoms with van der Waals surface area (Å²) in [5, 5.41) is 10.3. The summed E-state index contributed by atoms with van der Waals surface area (Å²) in [7, 11) is 1.63. The highest BCUT2D eigenvalue weighted by Gasteiger charge is 2.46. The minimum Gasteiger partial charge on any atom is -0.351 e. The number of rotatable bonds is 4. The van der Waals surface area contributed by atoms with E-state index >= 15 is 0 Å². The van der Waals surface area contributed by atoms with Gasteiger partial charge >= 0.3 is 0 Å². The molecule has 170 valence electrons. The normalized spacial score (nSPS) is 21.2. The van der Waals surface area contributed by atoms with Crippen LogP contribution < -0.4 is 10.6 Å². The first-order chi connectivity index (χ1) is 15.2. The predicted octanol–water partition coefficient (Wildman–Crippen LogP) is 3.05. The van der Waals surface area contributed by atoms with Crippen molar-refractivity contribution in [3.63, 3.8) is 0 Å². The molecule has 1 aliphatic heterocycles. The average molecular weight is 438 g/mol. The van der Waals surface area contributed by atoms with Crippen LogP contribution >= 0.6 is 0 Å². The van der Waals surface area contributed by atoms with E-state index in [9.17, 15) is 14.4 Å². The largest absolute Gasteiger partial charge is 0.351 e. The maximum Gasteiger partial charge on any atom is 0.276 e. The second-order valence-electron chi connectivity index (χ2n) is 9.27. The van der Waals surface area contributed by atoms with Gasteiger partial charge in [0.25, 0.3) is 11.8 Å². The highest BCUT2D eigenvalue weighted by atomic mass is 16.2. The fourth-order valence-electron chi connectivity index (χ4n) is 4.44. The molecule has 1 saturated carbocycles. The van der Waals surface area contributed by atoms with Crippen LogP contribution in [-0.4, -0.2) is 51.0 Å². The van der Waals surface area contributed by atoms with Crippen molar-refractivity contribution in [3.8, 4) is 0 Å². The number of amides is 3. The van der Waals surface area contributed by atoms with Crippen molar-refractivity contribution in [1.29, 1.82) is 0 Å². The first kappa shape index (κ1) is 22.0. The van der Waals surface area contributed by atoms with Crippen LogP contribution in [0.25, 0.3) is 0 Å². The number of fused-ring (bicyclic) bond motifs is 1. The Morgan fingerprint density at radius 1 is 1.09 bits per heavy atom. The van der Waals surface area contributed by atoms with Gasteiger partial charge in [-0.25, -0.2) is 0 Å². The van der Waals surface area contributed by atoms with Gasteiger partial charge in [0.15, 0.2) is 5.69 Å². The predicted molar refractivity (Wildman–Crippen MR) is 122 cm³/mol. The van der Waals surface area contributed by atoms with Gasteiger partial charge in [-0.2, -0.15) is 5.10 Å². The summed E-state index contributed by atoms with van der Waals surface area (Å²) in [6, 6.07) is 7.32. The van der Waals surface area contributed by atoms with Crippen LogP contribution in [-0.2, 0) is 11.3 Å². The Morgan fingerprint density at radius 2 is 1.81 bits per heavy atom. The monoisotopic (exact) mass is 437 g/mol. The molecule has 1 aromatic carbocycles. The molecule has 1 atom stereocenters. The number of aryl methyl sites for hydroxylation is 2. The number of aromatic nitrogens is 2. The Kier molecular flexibility index (Phi) is 5.79. The molecule has 0 radical (unpaired) electrons. The van der Waals surface area contributed by atoms with Crippen LogP contribution in [0.5, 0.6) is 0 Å². The van der Waals surface area contributed by atoms with E-state index in [0.717, 1.165) is 36.8 Å². The molecule has 0 bridgehead atoms. The molecule has 8 nitrogen and oxygen atoms in total. The van der Waals surface area contributed by atoms with Crippen molar-refractivity contribution in [2.75, 3.05) is 12.4 Å². The third-order valence-corrected chi connectivity index (χ3v) is 6.93. The van der Waals surface area contributed by atoms with Crippen LogP contribution in [0.4, 0.5) is 5.69 Å². The lowest BCUT2D eigenvalue weighted by Gasteiger charge is -2.41. The summed E-state index contributed by atoms with van der Waals surface area (Å²) in [6.07, 6.45) is 5.35. The summed E-state index contributed by atoms with van der Waals surface area (Å²) >= 11 is 0. The van der Waals surface area contributed by atoms with Crippen LogP contribution in [0.1, 0.15) is 71.1 Å². The van der Waals surface area contributed by atoms with E-state index < -0.39 is 5.54 Å². The number of hydrogen-bond acceptors (Lipinski definition) is 4. The fraction of sp³-hybridized carbons (Fsp3) is 0.500. The lowest BCUT2D eigenvalue weighted by molar-refractivity contribution is -0.133. The van der Waals surface area contributed by atoms with E-state index in [-0.39, 0.29) is 36.0 Å². The molecule has 2 aromatic rings. The zero-order chi connectivity index (χ0) is 23.0. The average Bonchev–Trinajstić information content (AvgIpc) is 3.19. The molecule has 1 aromatic heterocycles. The summed E-state index contributed by atoms with van der Waals surface area (Å²) < 4.78 is 1.48. The van der Waals surface area contributed by atoms with Gasteiger partial charge in [0.1, 0.15) is 11.2 Å². The minimum absolute atomic E-state index is 0.148.